The summed E-state index contributed by atoms with van der Waals surface area (Å²) in [5, 5.41) is 14.2. The Morgan fingerprint density at radius 2 is 1.72 bits per heavy atom. The van der Waals surface area contributed by atoms with E-state index in [-0.39, 0.29) is 34.9 Å². The van der Waals surface area contributed by atoms with Crippen molar-refractivity contribution < 1.29 is 14.5 Å². The Balaban J connectivity index is 1.56. The van der Waals surface area contributed by atoms with Gasteiger partial charge in [-0.1, -0.05) is 29.8 Å². The predicted molar refractivity (Wildman–Crippen MR) is 125 cm³/mol. The number of nitrogens with zero attached hydrogens (tertiary/aromatic N) is 3. The highest BCUT2D eigenvalue weighted by atomic mass is 16.6. The van der Waals surface area contributed by atoms with Gasteiger partial charge in [0.05, 0.1) is 11.5 Å². The zero-order valence-corrected chi connectivity index (χ0v) is 19.1. The fourth-order valence-corrected chi connectivity index (χ4v) is 4.41. The molecule has 8 nitrogen and oxygen atoms in total. The van der Waals surface area contributed by atoms with Crippen molar-refractivity contribution in [3.05, 3.63) is 63.2 Å². The van der Waals surface area contributed by atoms with Crippen LogP contribution < -0.4 is 10.2 Å². The Kier molecular flexibility index (Phi) is 7.12. The number of hydrogen-bond donors (Lipinski definition) is 1. The van der Waals surface area contributed by atoms with Crippen LogP contribution >= 0.6 is 0 Å². The highest BCUT2D eigenvalue weighted by Crippen LogP contribution is 2.31. The maximum atomic E-state index is 12.9. The Morgan fingerprint density at radius 1 is 1.12 bits per heavy atom. The first-order valence-corrected chi connectivity index (χ1v) is 10.8. The van der Waals surface area contributed by atoms with Crippen molar-refractivity contribution in [3.63, 3.8) is 0 Å². The number of carbonyl (C=O) groups is 2. The van der Waals surface area contributed by atoms with Gasteiger partial charge in [0.25, 0.3) is 5.69 Å². The number of para-hydroxylation sites is 2. The second-order valence-corrected chi connectivity index (χ2v) is 8.52. The molecular weight excluding hydrogens is 408 g/mol. The monoisotopic (exact) mass is 438 g/mol. The molecule has 1 heterocycles. The van der Waals surface area contributed by atoms with Gasteiger partial charge in [-0.05, 0) is 50.8 Å². The average Bonchev–Trinajstić information content (AvgIpc) is 2.75. The first-order chi connectivity index (χ1) is 15.2. The van der Waals surface area contributed by atoms with E-state index in [9.17, 15) is 19.7 Å². The second-order valence-electron chi connectivity index (χ2n) is 8.52. The van der Waals surface area contributed by atoms with Crippen molar-refractivity contribution in [2.45, 2.75) is 33.6 Å². The molecule has 0 aliphatic carbocycles. The van der Waals surface area contributed by atoms with Crippen LogP contribution in [0.15, 0.2) is 36.4 Å². The molecule has 2 amide bonds. The third kappa shape index (κ3) is 5.25. The number of hydrogen-bond acceptors (Lipinski definition) is 5. The molecule has 2 aromatic carbocycles. The zero-order chi connectivity index (χ0) is 23.4. The highest BCUT2D eigenvalue weighted by Gasteiger charge is 2.30. The molecule has 0 bridgehead atoms. The number of carbonyl (C=O) groups excluding carboxylic acids is 2. The number of rotatable bonds is 6. The molecule has 1 aliphatic heterocycles. The van der Waals surface area contributed by atoms with E-state index in [0.29, 0.717) is 31.6 Å². The summed E-state index contributed by atoms with van der Waals surface area (Å²) in [4.78, 5) is 39.8. The first kappa shape index (κ1) is 23.2. The maximum Gasteiger partial charge on any atom is 0.292 e. The fourth-order valence-electron chi connectivity index (χ4n) is 4.41. The molecule has 0 spiro atoms. The Hall–Kier alpha value is -3.42. The molecule has 1 fully saturated rings. The third-order valence-corrected chi connectivity index (χ3v) is 5.96. The molecule has 0 aromatic heterocycles. The number of nitro benzene ring substituents is 1. The van der Waals surface area contributed by atoms with E-state index >= 15 is 0 Å². The van der Waals surface area contributed by atoms with Crippen LogP contribution in [0.1, 0.15) is 29.5 Å². The molecule has 170 valence electrons. The number of piperidine rings is 1. The van der Waals surface area contributed by atoms with Crippen LogP contribution in [-0.4, -0.2) is 48.3 Å². The summed E-state index contributed by atoms with van der Waals surface area (Å²) in [6, 6.07) is 10.7. The van der Waals surface area contributed by atoms with Crippen molar-refractivity contribution >= 4 is 28.9 Å². The topological polar surface area (TPSA) is 95.8 Å². The number of likely N-dealkylation sites (N-methyl/N-ethyl adjacent to an activating group) is 1. The Morgan fingerprint density at radius 3 is 2.31 bits per heavy atom. The van der Waals surface area contributed by atoms with Gasteiger partial charge in [-0.25, -0.2) is 0 Å². The summed E-state index contributed by atoms with van der Waals surface area (Å²) >= 11 is 0. The van der Waals surface area contributed by atoms with E-state index in [1.807, 2.05) is 37.8 Å². The minimum atomic E-state index is -0.379. The number of benzene rings is 2. The van der Waals surface area contributed by atoms with Crippen LogP contribution in [-0.2, 0) is 9.59 Å². The number of amides is 2. The summed E-state index contributed by atoms with van der Waals surface area (Å²) in [5.41, 5.74) is 4.57. The largest absolute Gasteiger partial charge is 0.366 e. The van der Waals surface area contributed by atoms with Gasteiger partial charge in [-0.15, -0.1) is 0 Å². The lowest BCUT2D eigenvalue weighted by Gasteiger charge is -2.34. The SMILES string of the molecule is Cc1cc(C)c(NC(=O)CN(C)C(=O)C2CCN(c3ccccc3[N+](=O)[O-])CC2)c(C)c1. The normalized spacial score (nSPS) is 14.2. The minimum absolute atomic E-state index is 0.0179. The van der Waals surface area contributed by atoms with Crippen LogP contribution in [0.4, 0.5) is 17.1 Å². The molecule has 1 aliphatic rings. The number of nitrogens with one attached hydrogen (secondary N) is 1. The van der Waals surface area contributed by atoms with Gasteiger partial charge in [0.15, 0.2) is 0 Å². The molecule has 0 saturated carbocycles. The average molecular weight is 439 g/mol. The van der Waals surface area contributed by atoms with E-state index in [1.165, 1.54) is 11.0 Å². The summed E-state index contributed by atoms with van der Waals surface area (Å²) < 4.78 is 0. The van der Waals surface area contributed by atoms with E-state index in [2.05, 4.69) is 5.32 Å². The van der Waals surface area contributed by atoms with Crippen LogP contribution in [0.2, 0.25) is 0 Å². The van der Waals surface area contributed by atoms with Crippen molar-refractivity contribution in [1.82, 2.24) is 4.90 Å². The summed E-state index contributed by atoms with van der Waals surface area (Å²) in [7, 11) is 1.64. The quantitative estimate of drug-likeness (QED) is 0.546. The molecule has 8 heteroatoms. The number of anilines is 2. The first-order valence-electron chi connectivity index (χ1n) is 10.8. The summed E-state index contributed by atoms with van der Waals surface area (Å²) in [6.07, 6.45) is 1.18. The predicted octanol–water partition coefficient (Wildman–Crippen LogP) is 3.83. The van der Waals surface area contributed by atoms with E-state index < -0.39 is 0 Å². The van der Waals surface area contributed by atoms with Crippen molar-refractivity contribution in [1.29, 1.82) is 0 Å². The maximum absolute atomic E-state index is 12.9. The van der Waals surface area contributed by atoms with Gasteiger partial charge in [-0.3, -0.25) is 19.7 Å². The minimum Gasteiger partial charge on any atom is -0.366 e. The molecule has 32 heavy (non-hydrogen) atoms. The van der Waals surface area contributed by atoms with Gasteiger partial charge < -0.3 is 15.1 Å². The molecule has 3 rings (SSSR count). The molecule has 0 radical (unpaired) electrons. The van der Waals surface area contributed by atoms with E-state index in [4.69, 9.17) is 0 Å². The van der Waals surface area contributed by atoms with E-state index in [0.717, 1.165) is 22.4 Å². The lowest BCUT2D eigenvalue weighted by Crippen LogP contribution is -2.43. The Bertz CT molecular complexity index is 1010. The standard InChI is InChI=1S/C24H30N4O4/c1-16-13-17(2)23(18(3)14-16)25-22(29)15-26(4)24(30)19-9-11-27(12-10-19)20-7-5-6-8-21(20)28(31)32/h5-8,13-14,19H,9-12,15H2,1-4H3,(H,25,29). The third-order valence-electron chi connectivity index (χ3n) is 5.96. The summed E-state index contributed by atoms with van der Waals surface area (Å²) in [6.45, 7) is 7.02. The number of nitro groups is 1. The van der Waals surface area contributed by atoms with Gasteiger partial charge in [-0.2, -0.15) is 0 Å². The molecular formula is C24H30N4O4. The van der Waals surface area contributed by atoms with Crippen molar-refractivity contribution in [3.8, 4) is 0 Å². The summed E-state index contributed by atoms with van der Waals surface area (Å²) in [5.74, 6) is -0.498. The molecule has 0 atom stereocenters. The van der Waals surface area contributed by atoms with Crippen molar-refractivity contribution in [2.24, 2.45) is 5.92 Å². The van der Waals surface area contributed by atoms with Crippen molar-refractivity contribution in [2.75, 3.05) is 36.9 Å². The fraction of sp³-hybridized carbons (Fsp3) is 0.417. The Labute approximate surface area is 188 Å². The van der Waals surface area contributed by atoms with E-state index in [1.54, 1.807) is 25.2 Å². The molecule has 1 saturated heterocycles. The highest BCUT2D eigenvalue weighted by molar-refractivity contribution is 5.96. The second kappa shape index (κ2) is 9.80. The van der Waals surface area contributed by atoms with Gasteiger partial charge in [0, 0.05) is 37.8 Å². The van der Waals surface area contributed by atoms with Crippen LogP contribution in [0, 0.1) is 36.8 Å². The molecule has 2 aromatic rings. The number of aryl methyl sites for hydroxylation is 3. The molecule has 1 N–H and O–H groups in total. The van der Waals surface area contributed by atoms with Crippen LogP contribution in [0.25, 0.3) is 0 Å². The van der Waals surface area contributed by atoms with Crippen LogP contribution in [0.3, 0.4) is 0 Å². The zero-order valence-electron chi connectivity index (χ0n) is 19.1. The van der Waals surface area contributed by atoms with Crippen LogP contribution in [0.5, 0.6) is 0 Å². The van der Waals surface area contributed by atoms with Gasteiger partial charge >= 0.3 is 0 Å². The molecule has 0 unspecified atom stereocenters. The lowest BCUT2D eigenvalue weighted by atomic mass is 9.95. The van der Waals surface area contributed by atoms with Gasteiger partial charge in [0.2, 0.25) is 11.8 Å². The van der Waals surface area contributed by atoms with Gasteiger partial charge in [0.1, 0.15) is 5.69 Å². The lowest BCUT2D eigenvalue weighted by molar-refractivity contribution is -0.384. The smallest absolute Gasteiger partial charge is 0.292 e.